The van der Waals surface area contributed by atoms with Crippen LogP contribution in [-0.4, -0.2) is 64.2 Å². The summed E-state index contributed by atoms with van der Waals surface area (Å²) >= 11 is 0. The molecule has 3 aromatic heterocycles. The van der Waals surface area contributed by atoms with Crippen molar-refractivity contribution >= 4 is 22.8 Å². The number of piperidine rings is 1. The minimum atomic E-state index is -0.0253. The fourth-order valence-electron chi connectivity index (χ4n) is 5.82. The molecule has 0 bridgehead atoms. The summed E-state index contributed by atoms with van der Waals surface area (Å²) in [7, 11) is 3.28. The van der Waals surface area contributed by atoms with Gasteiger partial charge in [0.05, 0.1) is 19.1 Å². The maximum absolute atomic E-state index is 12.1. The Balaban J connectivity index is 1.43. The summed E-state index contributed by atoms with van der Waals surface area (Å²) in [4.78, 5) is 27.2. The number of ether oxygens (including phenoxy) is 3. The molecule has 0 radical (unpaired) electrons. The van der Waals surface area contributed by atoms with Crippen LogP contribution in [0.4, 0.5) is 5.82 Å². The molecule has 1 amide bonds. The van der Waals surface area contributed by atoms with Crippen LogP contribution >= 0.6 is 0 Å². The van der Waals surface area contributed by atoms with Crippen LogP contribution in [0.15, 0.2) is 55.4 Å². The van der Waals surface area contributed by atoms with Crippen molar-refractivity contribution in [2.45, 2.75) is 13.5 Å². The lowest BCUT2D eigenvalue weighted by molar-refractivity contribution is -0.125. The molecule has 3 atom stereocenters. The normalized spacial score (nSPS) is 18.7. The fraction of sp³-hybridized carbons (Fsp3) is 0.312. The Kier molecular flexibility index (Phi) is 7.27. The number of fused-ring (bicyclic) bond motifs is 2. The highest BCUT2D eigenvalue weighted by molar-refractivity contribution is 6.04. The number of likely N-dealkylation sites (tertiary alicyclic amines) is 1. The third-order valence-electron chi connectivity index (χ3n) is 7.95. The molecule has 1 saturated carbocycles. The van der Waals surface area contributed by atoms with Crippen LogP contribution in [0.2, 0.25) is 0 Å². The van der Waals surface area contributed by atoms with Crippen molar-refractivity contribution in [3.8, 4) is 40.3 Å². The number of carbonyl (C=O) groups is 1. The molecule has 10 nitrogen and oxygen atoms in total. The van der Waals surface area contributed by atoms with Gasteiger partial charge < -0.3 is 29.4 Å². The highest BCUT2D eigenvalue weighted by atomic mass is 16.5. The van der Waals surface area contributed by atoms with Crippen LogP contribution in [0.1, 0.15) is 11.4 Å². The Morgan fingerprint density at radius 1 is 1.19 bits per heavy atom. The number of nitrogens with two attached hydrogens (primary N) is 1. The number of rotatable bonds is 8. The minimum Gasteiger partial charge on any atom is -0.496 e. The molecule has 0 spiro atoms. The second-order valence-electron chi connectivity index (χ2n) is 10.5. The monoisotopic (exact) mass is 564 g/mol. The first-order valence-electron chi connectivity index (χ1n) is 13.8. The third-order valence-corrected chi connectivity index (χ3v) is 7.95. The molecule has 2 fully saturated rings. The average Bonchev–Trinajstić information content (AvgIpc) is 3.29. The number of methoxy groups -OCH3 is 2. The van der Waals surface area contributed by atoms with Crippen LogP contribution in [0.25, 0.3) is 22.2 Å². The molecule has 1 aromatic carbocycles. The van der Waals surface area contributed by atoms with E-state index in [1.54, 1.807) is 14.2 Å². The van der Waals surface area contributed by atoms with Crippen molar-refractivity contribution in [2.24, 2.45) is 17.8 Å². The number of nitrogen functional groups attached to an aromatic ring is 1. The Morgan fingerprint density at radius 2 is 2.00 bits per heavy atom. The van der Waals surface area contributed by atoms with E-state index in [9.17, 15) is 4.79 Å². The lowest BCUT2D eigenvalue weighted by Gasteiger charge is -2.16. The smallest absolute Gasteiger partial charge is 0.245 e. The molecule has 1 saturated heterocycles. The lowest BCUT2D eigenvalue weighted by atomic mass is 10.0. The molecule has 2 N–H and O–H groups in total. The summed E-state index contributed by atoms with van der Waals surface area (Å²) in [5.74, 6) is 9.92. The predicted molar refractivity (Wildman–Crippen MR) is 159 cm³/mol. The Bertz CT molecular complexity index is 1740. The van der Waals surface area contributed by atoms with Crippen LogP contribution in [0.3, 0.4) is 0 Å². The maximum Gasteiger partial charge on any atom is 0.245 e. The number of aromatic nitrogens is 4. The van der Waals surface area contributed by atoms with E-state index in [0.29, 0.717) is 72.3 Å². The van der Waals surface area contributed by atoms with Gasteiger partial charge in [-0.15, -0.1) is 0 Å². The lowest BCUT2D eigenvalue weighted by Crippen LogP contribution is -2.29. The number of nitrogens with zero attached hydrogens (tertiary/aromatic N) is 5. The molecule has 1 aliphatic carbocycles. The van der Waals surface area contributed by atoms with Gasteiger partial charge in [-0.3, -0.25) is 4.79 Å². The number of carbonyl (C=O) groups excluding carboxylic acids is 1. The molecule has 4 aromatic rings. The number of anilines is 1. The van der Waals surface area contributed by atoms with Crippen molar-refractivity contribution in [2.75, 3.05) is 39.6 Å². The van der Waals surface area contributed by atoms with E-state index in [2.05, 4.69) is 33.4 Å². The summed E-state index contributed by atoms with van der Waals surface area (Å²) in [6.07, 6.45) is 2.83. The number of pyridine rings is 1. The zero-order valence-corrected chi connectivity index (χ0v) is 23.8. The number of aryl methyl sites for hydroxylation is 1. The molecule has 4 heterocycles. The standard InChI is InChI=1S/C32H32N6O4/c1-5-28(39)37-16-23-21(24(23)17-37)11-12-25-29(30-31(33)34-18-35-32(30)38(25)13-14-40-3)22-10-9-20(15-26(22)41-4)42-27-8-6-7-19(2)36-27/h5-10,15,18,21,23-24H,1,13-14,16-17H2,2-4H3,(H2,33,34,35)/t21?,23-,24+. The molecule has 2 aliphatic rings. The first kappa shape index (κ1) is 27.3. The van der Waals surface area contributed by atoms with Crippen molar-refractivity contribution in [3.63, 3.8) is 0 Å². The average molecular weight is 565 g/mol. The first-order chi connectivity index (χ1) is 20.4. The molecule has 42 heavy (non-hydrogen) atoms. The summed E-state index contributed by atoms with van der Waals surface area (Å²) < 4.78 is 19.4. The van der Waals surface area contributed by atoms with Crippen LogP contribution in [0, 0.1) is 36.5 Å². The van der Waals surface area contributed by atoms with E-state index in [0.717, 1.165) is 22.5 Å². The van der Waals surface area contributed by atoms with E-state index >= 15 is 0 Å². The summed E-state index contributed by atoms with van der Waals surface area (Å²) in [5, 5.41) is 0.698. The topological polar surface area (TPSA) is 118 Å². The van der Waals surface area contributed by atoms with E-state index in [1.165, 1.54) is 12.4 Å². The molecule has 1 unspecified atom stereocenters. The molecular formula is C32H32N6O4. The minimum absolute atomic E-state index is 0.0253. The zero-order valence-electron chi connectivity index (χ0n) is 23.8. The maximum atomic E-state index is 12.1. The number of hydrogen-bond acceptors (Lipinski definition) is 8. The molecule has 6 rings (SSSR count). The Hall–Kier alpha value is -4.88. The van der Waals surface area contributed by atoms with Crippen LogP contribution < -0.4 is 15.2 Å². The Labute approximate surface area is 244 Å². The largest absolute Gasteiger partial charge is 0.496 e. The Morgan fingerprint density at radius 3 is 2.71 bits per heavy atom. The van der Waals surface area contributed by atoms with E-state index in [1.807, 2.05) is 52.8 Å². The molecule has 214 valence electrons. The van der Waals surface area contributed by atoms with E-state index in [4.69, 9.17) is 19.9 Å². The fourth-order valence-corrected chi connectivity index (χ4v) is 5.82. The van der Waals surface area contributed by atoms with Gasteiger partial charge in [-0.1, -0.05) is 18.6 Å². The highest BCUT2D eigenvalue weighted by Gasteiger charge is 2.55. The van der Waals surface area contributed by atoms with Gasteiger partial charge >= 0.3 is 0 Å². The van der Waals surface area contributed by atoms with Gasteiger partial charge in [0.25, 0.3) is 0 Å². The van der Waals surface area contributed by atoms with Gasteiger partial charge in [0.15, 0.2) is 0 Å². The molecular weight excluding hydrogens is 532 g/mol. The van der Waals surface area contributed by atoms with Gasteiger partial charge in [-0.05, 0) is 49.0 Å². The predicted octanol–water partition coefficient (Wildman–Crippen LogP) is 4.07. The van der Waals surface area contributed by atoms with Gasteiger partial charge in [-0.2, -0.15) is 0 Å². The number of amides is 1. The summed E-state index contributed by atoms with van der Waals surface area (Å²) in [6, 6.07) is 11.2. The van der Waals surface area contributed by atoms with Crippen molar-refractivity contribution in [1.29, 1.82) is 0 Å². The molecule has 10 heteroatoms. The SMILES string of the molecule is C=CC(=O)N1C[C@@H]2C(C#Cc3c(-c4ccc(Oc5cccc(C)n5)cc4OC)c4c(N)ncnc4n3CCOC)[C@@H]2C1. The zero-order chi connectivity index (χ0) is 29.4. The summed E-state index contributed by atoms with van der Waals surface area (Å²) in [5.41, 5.74) is 10.3. The third kappa shape index (κ3) is 4.92. The molecule has 1 aliphatic heterocycles. The van der Waals surface area contributed by atoms with Crippen molar-refractivity contribution in [1.82, 2.24) is 24.4 Å². The van der Waals surface area contributed by atoms with E-state index < -0.39 is 0 Å². The highest BCUT2D eigenvalue weighted by Crippen LogP contribution is 2.51. The number of benzene rings is 1. The van der Waals surface area contributed by atoms with Gasteiger partial charge in [0.1, 0.15) is 35.0 Å². The first-order valence-corrected chi connectivity index (χ1v) is 13.8. The second kappa shape index (κ2) is 11.2. The van der Waals surface area contributed by atoms with E-state index in [-0.39, 0.29) is 11.8 Å². The quantitative estimate of drug-likeness (QED) is 0.251. The van der Waals surface area contributed by atoms with Gasteiger partial charge in [0.2, 0.25) is 11.8 Å². The van der Waals surface area contributed by atoms with Crippen molar-refractivity contribution in [3.05, 3.63) is 66.8 Å². The van der Waals surface area contributed by atoms with Crippen molar-refractivity contribution < 1.29 is 19.0 Å². The second-order valence-corrected chi connectivity index (χ2v) is 10.5. The van der Waals surface area contributed by atoms with Crippen LogP contribution in [-0.2, 0) is 16.1 Å². The van der Waals surface area contributed by atoms with Gasteiger partial charge in [0, 0.05) is 61.6 Å². The van der Waals surface area contributed by atoms with Crippen LogP contribution in [0.5, 0.6) is 17.4 Å². The van der Waals surface area contributed by atoms with Gasteiger partial charge in [-0.25, -0.2) is 15.0 Å². The summed E-state index contributed by atoms with van der Waals surface area (Å²) in [6.45, 7) is 7.92. The number of hydrogen-bond donors (Lipinski definition) is 1.